The summed E-state index contributed by atoms with van der Waals surface area (Å²) in [5.41, 5.74) is 0. The lowest BCUT2D eigenvalue weighted by molar-refractivity contribution is 0.287. The molecule has 1 heterocycles. The molecule has 0 saturated heterocycles. The molecule has 4 nitrogen and oxygen atoms in total. The highest BCUT2D eigenvalue weighted by molar-refractivity contribution is 7.89. The summed E-state index contributed by atoms with van der Waals surface area (Å²) in [6.45, 7) is 6.77. The zero-order chi connectivity index (χ0) is 20.4. The molecule has 0 bridgehead atoms. The van der Waals surface area contributed by atoms with E-state index in [-0.39, 0.29) is 16.5 Å². The highest BCUT2D eigenvalue weighted by Gasteiger charge is 2.50. The number of hydrogen-bond acceptors (Lipinski definition) is 4. The van der Waals surface area contributed by atoms with E-state index in [2.05, 4.69) is 45.0 Å². The zero-order valence-corrected chi connectivity index (χ0v) is 18.9. The summed E-state index contributed by atoms with van der Waals surface area (Å²) in [5, 5.41) is 9.26. The molecule has 0 aliphatic rings. The first-order chi connectivity index (χ1) is 13.2. The van der Waals surface area contributed by atoms with Crippen LogP contribution in [0.4, 0.5) is 0 Å². The molecule has 0 aliphatic heterocycles. The summed E-state index contributed by atoms with van der Waals surface area (Å²) in [4.78, 5) is 0.783. The summed E-state index contributed by atoms with van der Waals surface area (Å²) in [5.74, 6) is 0. The van der Waals surface area contributed by atoms with Gasteiger partial charge in [0.2, 0.25) is 10.0 Å². The first-order valence-corrected chi connectivity index (χ1v) is 13.3. The van der Waals surface area contributed by atoms with Crippen LogP contribution in [0.5, 0.6) is 0 Å². The third-order valence-corrected chi connectivity index (χ3v) is 11.8. The predicted octanol–water partition coefficient (Wildman–Crippen LogP) is 3.47. The van der Waals surface area contributed by atoms with Crippen LogP contribution in [0, 0.1) is 0 Å². The fourth-order valence-corrected chi connectivity index (χ4v) is 10.1. The Hall–Kier alpha value is -1.77. The second-order valence-electron chi connectivity index (χ2n) is 7.70. The van der Waals surface area contributed by atoms with E-state index in [1.165, 1.54) is 11.3 Å². The van der Waals surface area contributed by atoms with Crippen molar-refractivity contribution < 1.29 is 12.8 Å². The second kappa shape index (κ2) is 7.92. The first kappa shape index (κ1) is 20.9. The van der Waals surface area contributed by atoms with E-state index in [4.69, 9.17) is 9.56 Å². The summed E-state index contributed by atoms with van der Waals surface area (Å²) in [6, 6.07) is 22.1. The minimum absolute atomic E-state index is 0.149. The predicted molar refractivity (Wildman–Crippen MR) is 118 cm³/mol. The third-order valence-electron chi connectivity index (χ3n) is 4.85. The summed E-state index contributed by atoms with van der Waals surface area (Å²) in [6.07, 6.45) is 0. The molecule has 0 unspecified atom stereocenters. The molecule has 2 aromatic carbocycles. The van der Waals surface area contributed by atoms with Crippen molar-refractivity contribution in [1.29, 1.82) is 0 Å². The van der Waals surface area contributed by atoms with Gasteiger partial charge in [-0.2, -0.15) is 0 Å². The standard InChI is InChI=1S/C21H25NO3S2Si/c1-21(2,3)28(17-10-6-4-7-11-17,18-12-8-5-9-13-18)25-16-19-20(14-15-26-19)27(22,23)24/h4-15H,16H2,1-3H3,(H2,22,23,24). The van der Waals surface area contributed by atoms with Gasteiger partial charge in [0.25, 0.3) is 8.32 Å². The van der Waals surface area contributed by atoms with E-state index < -0.39 is 18.3 Å². The molecule has 28 heavy (non-hydrogen) atoms. The van der Waals surface area contributed by atoms with E-state index in [1.807, 2.05) is 36.4 Å². The quantitative estimate of drug-likeness (QED) is 0.608. The number of hydrogen-bond donors (Lipinski definition) is 1. The molecule has 7 heteroatoms. The van der Waals surface area contributed by atoms with Gasteiger partial charge in [-0.25, -0.2) is 13.6 Å². The Morgan fingerprint density at radius 1 is 0.929 bits per heavy atom. The Labute approximate surface area is 172 Å². The maximum atomic E-state index is 11.9. The monoisotopic (exact) mass is 431 g/mol. The van der Waals surface area contributed by atoms with Crippen LogP contribution in [0.1, 0.15) is 25.6 Å². The molecule has 0 saturated carbocycles. The lowest BCUT2D eigenvalue weighted by Gasteiger charge is -2.43. The average Bonchev–Trinajstić information content (AvgIpc) is 3.12. The minimum atomic E-state index is -3.78. The lowest BCUT2D eigenvalue weighted by Crippen LogP contribution is -2.66. The molecule has 0 radical (unpaired) electrons. The Morgan fingerprint density at radius 2 is 1.43 bits per heavy atom. The van der Waals surface area contributed by atoms with Crippen LogP contribution >= 0.6 is 11.3 Å². The fourth-order valence-electron chi connectivity index (χ4n) is 3.62. The highest BCUT2D eigenvalue weighted by atomic mass is 32.2. The Bertz CT molecular complexity index is 987. The Kier molecular flexibility index (Phi) is 5.93. The van der Waals surface area contributed by atoms with E-state index in [0.29, 0.717) is 4.88 Å². The van der Waals surface area contributed by atoms with Crippen LogP contribution in [-0.4, -0.2) is 16.7 Å². The van der Waals surface area contributed by atoms with Crippen molar-refractivity contribution in [2.45, 2.75) is 37.3 Å². The van der Waals surface area contributed by atoms with Gasteiger partial charge in [-0.3, -0.25) is 0 Å². The molecule has 0 spiro atoms. The minimum Gasteiger partial charge on any atom is -0.402 e. The van der Waals surface area contributed by atoms with E-state index in [9.17, 15) is 8.42 Å². The van der Waals surface area contributed by atoms with Crippen LogP contribution in [0.2, 0.25) is 5.04 Å². The number of thiophene rings is 1. The number of benzene rings is 2. The molecule has 0 amide bonds. The topological polar surface area (TPSA) is 69.4 Å². The van der Waals surface area contributed by atoms with Gasteiger partial charge in [-0.05, 0) is 26.9 Å². The first-order valence-electron chi connectivity index (χ1n) is 9.00. The molecule has 2 N–H and O–H groups in total. The maximum Gasteiger partial charge on any atom is 0.261 e. The van der Waals surface area contributed by atoms with E-state index in [0.717, 1.165) is 10.4 Å². The van der Waals surface area contributed by atoms with Crippen molar-refractivity contribution in [1.82, 2.24) is 0 Å². The van der Waals surface area contributed by atoms with Gasteiger partial charge in [0, 0.05) is 4.88 Å². The highest BCUT2D eigenvalue weighted by Crippen LogP contribution is 2.38. The van der Waals surface area contributed by atoms with Crippen molar-refractivity contribution in [2.75, 3.05) is 0 Å². The fraction of sp³-hybridized carbons (Fsp3) is 0.238. The van der Waals surface area contributed by atoms with Gasteiger partial charge in [-0.15, -0.1) is 11.3 Å². The van der Waals surface area contributed by atoms with Crippen molar-refractivity contribution in [3.05, 3.63) is 77.0 Å². The SMILES string of the molecule is CC(C)(C)[Si](OCc1sccc1S(N)(=O)=O)(c1ccccc1)c1ccccc1. The molecule has 1 aromatic heterocycles. The second-order valence-corrected chi connectivity index (χ2v) is 14.5. The summed E-state index contributed by atoms with van der Waals surface area (Å²) in [7, 11) is -6.49. The van der Waals surface area contributed by atoms with Crippen molar-refractivity contribution in [3.63, 3.8) is 0 Å². The largest absolute Gasteiger partial charge is 0.402 e. The van der Waals surface area contributed by atoms with Crippen LogP contribution in [0.3, 0.4) is 0 Å². The molecule has 3 rings (SSSR count). The Morgan fingerprint density at radius 3 is 1.86 bits per heavy atom. The van der Waals surface area contributed by atoms with Gasteiger partial charge >= 0.3 is 0 Å². The molecular weight excluding hydrogens is 406 g/mol. The Balaban J connectivity index is 2.14. The van der Waals surface area contributed by atoms with Gasteiger partial charge in [0.1, 0.15) is 0 Å². The summed E-state index contributed by atoms with van der Waals surface area (Å²) >= 11 is 1.36. The zero-order valence-electron chi connectivity index (χ0n) is 16.3. The van der Waals surface area contributed by atoms with Gasteiger partial charge < -0.3 is 4.43 Å². The molecule has 0 fully saturated rings. The maximum absolute atomic E-state index is 11.9. The van der Waals surface area contributed by atoms with Crippen LogP contribution in [0.15, 0.2) is 77.0 Å². The smallest absolute Gasteiger partial charge is 0.261 e. The summed E-state index contributed by atoms with van der Waals surface area (Å²) < 4.78 is 30.6. The van der Waals surface area contributed by atoms with Gasteiger partial charge in [0.05, 0.1) is 11.5 Å². The molecule has 0 atom stereocenters. The van der Waals surface area contributed by atoms with Crippen LogP contribution in [-0.2, 0) is 21.1 Å². The van der Waals surface area contributed by atoms with E-state index in [1.54, 1.807) is 11.4 Å². The normalized spacial score (nSPS) is 12.9. The number of primary sulfonamides is 1. The van der Waals surface area contributed by atoms with E-state index >= 15 is 0 Å². The number of rotatable bonds is 6. The molecular formula is C21H25NO3S2Si. The van der Waals surface area contributed by atoms with Crippen LogP contribution in [0.25, 0.3) is 0 Å². The third kappa shape index (κ3) is 3.99. The van der Waals surface area contributed by atoms with Crippen LogP contribution < -0.4 is 15.5 Å². The van der Waals surface area contributed by atoms with Crippen molar-refractivity contribution in [2.24, 2.45) is 5.14 Å². The van der Waals surface area contributed by atoms with Gasteiger partial charge in [-0.1, -0.05) is 81.4 Å². The number of sulfonamides is 1. The lowest BCUT2D eigenvalue weighted by atomic mass is 10.2. The molecule has 148 valence electrons. The average molecular weight is 432 g/mol. The van der Waals surface area contributed by atoms with Crippen molar-refractivity contribution >= 4 is 40.1 Å². The molecule has 3 aromatic rings. The van der Waals surface area contributed by atoms with Crippen molar-refractivity contribution in [3.8, 4) is 0 Å². The van der Waals surface area contributed by atoms with Gasteiger partial charge in [0.15, 0.2) is 0 Å². The molecule has 0 aliphatic carbocycles. The number of nitrogens with two attached hydrogens (primary N) is 1.